The van der Waals surface area contributed by atoms with Crippen LogP contribution in [-0.2, 0) is 9.59 Å². The molecule has 0 saturated heterocycles. The average molecular weight is 545 g/mol. The van der Waals surface area contributed by atoms with Gasteiger partial charge in [-0.1, -0.05) is 49.4 Å². The van der Waals surface area contributed by atoms with Gasteiger partial charge in [0.15, 0.2) is 0 Å². The summed E-state index contributed by atoms with van der Waals surface area (Å²) >= 11 is 1.41. The van der Waals surface area contributed by atoms with E-state index in [1.807, 2.05) is 67.6 Å². The largest absolute Gasteiger partial charge is 0.497 e. The number of hydrogen-bond donors (Lipinski definition) is 1. The third-order valence-corrected chi connectivity index (χ3v) is 7.73. The number of aromatic nitrogens is 2. The summed E-state index contributed by atoms with van der Waals surface area (Å²) < 4.78 is 21.5. The summed E-state index contributed by atoms with van der Waals surface area (Å²) in [6.45, 7) is 2.33. The van der Waals surface area contributed by atoms with E-state index >= 15 is 0 Å². The molecule has 0 unspecified atom stereocenters. The number of amides is 2. The average Bonchev–Trinajstić information content (AvgIpc) is 3.29. The van der Waals surface area contributed by atoms with Crippen LogP contribution in [0.25, 0.3) is 16.9 Å². The lowest BCUT2D eigenvalue weighted by Crippen LogP contribution is -2.42. The fourth-order valence-corrected chi connectivity index (χ4v) is 5.82. The van der Waals surface area contributed by atoms with E-state index in [9.17, 15) is 14.0 Å². The first-order chi connectivity index (χ1) is 19.0. The van der Waals surface area contributed by atoms with Gasteiger partial charge < -0.3 is 10.1 Å². The predicted octanol–water partition coefficient (Wildman–Crippen LogP) is 5.38. The summed E-state index contributed by atoms with van der Waals surface area (Å²) in [6.07, 6.45) is 0.782. The van der Waals surface area contributed by atoms with Gasteiger partial charge in [-0.05, 0) is 48.4 Å². The molecule has 0 bridgehead atoms. The quantitative estimate of drug-likeness (QED) is 0.322. The van der Waals surface area contributed by atoms with Crippen molar-refractivity contribution in [3.8, 4) is 22.7 Å². The number of methoxy groups -OCH3 is 1. The van der Waals surface area contributed by atoms with Gasteiger partial charge in [-0.25, -0.2) is 9.07 Å². The Balaban J connectivity index is 1.78. The number of nitrogens with one attached hydrogen (secondary N) is 1. The standard InChI is InChI=1S/C30H29FN4O3S/c1-3-16-32-25(36)18-34-26(37)19-39-29(21-10-7-11-22(31)17-21)27-28(20-8-5-4-6-9-20)33-35(30(27)34)23-12-14-24(38-2)15-13-23/h4-15,17,29H,3,16,18-19H2,1-2H3,(H,32,36)/t29-/m0/s1. The summed E-state index contributed by atoms with van der Waals surface area (Å²) in [5, 5.41) is 7.51. The number of halogens is 1. The molecule has 2 heterocycles. The normalized spacial score (nSPS) is 15.0. The van der Waals surface area contributed by atoms with Gasteiger partial charge >= 0.3 is 0 Å². The van der Waals surface area contributed by atoms with Crippen molar-refractivity contribution in [3.63, 3.8) is 0 Å². The molecule has 0 spiro atoms. The van der Waals surface area contributed by atoms with Crippen LogP contribution in [0.4, 0.5) is 10.2 Å². The number of hydrogen-bond acceptors (Lipinski definition) is 5. The van der Waals surface area contributed by atoms with Gasteiger partial charge in [0.2, 0.25) is 11.8 Å². The minimum Gasteiger partial charge on any atom is -0.497 e. The van der Waals surface area contributed by atoms with Gasteiger partial charge in [0.1, 0.15) is 23.9 Å². The zero-order valence-electron chi connectivity index (χ0n) is 21.8. The molecule has 1 aromatic heterocycles. The van der Waals surface area contributed by atoms with Crippen LogP contribution in [0.5, 0.6) is 5.75 Å². The van der Waals surface area contributed by atoms with Gasteiger partial charge in [0, 0.05) is 17.7 Å². The number of thioether (sulfide) groups is 1. The molecular weight excluding hydrogens is 515 g/mol. The van der Waals surface area contributed by atoms with Crippen molar-refractivity contribution in [1.29, 1.82) is 0 Å². The number of fused-ring (bicyclic) bond motifs is 1. The Bertz CT molecular complexity index is 1470. The van der Waals surface area contributed by atoms with Crippen molar-refractivity contribution in [3.05, 3.63) is 95.8 Å². The van der Waals surface area contributed by atoms with E-state index in [-0.39, 0.29) is 29.9 Å². The van der Waals surface area contributed by atoms with Gasteiger partial charge in [0.05, 0.1) is 29.5 Å². The molecule has 3 aromatic carbocycles. The van der Waals surface area contributed by atoms with E-state index < -0.39 is 5.25 Å². The maximum Gasteiger partial charge on any atom is 0.240 e. The van der Waals surface area contributed by atoms with Crippen LogP contribution >= 0.6 is 11.8 Å². The number of carbonyl (C=O) groups excluding carboxylic acids is 2. The van der Waals surface area contributed by atoms with Crippen LogP contribution in [0.3, 0.4) is 0 Å². The molecule has 0 saturated carbocycles. The van der Waals surface area contributed by atoms with Gasteiger partial charge in [-0.3, -0.25) is 14.5 Å². The number of benzene rings is 3. The minimum absolute atomic E-state index is 0.119. The molecule has 2 amide bonds. The number of anilines is 1. The number of nitrogens with zero attached hydrogens (tertiary/aromatic N) is 3. The molecule has 7 nitrogen and oxygen atoms in total. The Labute approximate surface area is 231 Å². The molecule has 1 atom stereocenters. The third-order valence-electron chi connectivity index (χ3n) is 6.48. The van der Waals surface area contributed by atoms with Crippen molar-refractivity contribution in [2.45, 2.75) is 18.6 Å². The molecule has 0 aliphatic carbocycles. The zero-order valence-corrected chi connectivity index (χ0v) is 22.6. The van der Waals surface area contributed by atoms with Crippen molar-refractivity contribution in [2.75, 3.05) is 30.9 Å². The van der Waals surface area contributed by atoms with Crippen molar-refractivity contribution in [2.24, 2.45) is 0 Å². The molecule has 200 valence electrons. The van der Waals surface area contributed by atoms with Gasteiger partial charge in [-0.15, -0.1) is 11.8 Å². The van der Waals surface area contributed by atoms with Crippen molar-refractivity contribution in [1.82, 2.24) is 15.1 Å². The summed E-state index contributed by atoms with van der Waals surface area (Å²) in [5.41, 5.74) is 3.69. The van der Waals surface area contributed by atoms with E-state index in [1.54, 1.807) is 17.9 Å². The van der Waals surface area contributed by atoms with E-state index in [2.05, 4.69) is 5.32 Å². The molecule has 4 aromatic rings. The Hall–Kier alpha value is -4.11. The summed E-state index contributed by atoms with van der Waals surface area (Å²) in [6, 6.07) is 23.5. The highest BCUT2D eigenvalue weighted by atomic mass is 32.2. The summed E-state index contributed by atoms with van der Waals surface area (Å²) in [4.78, 5) is 28.1. The molecule has 5 rings (SSSR count). The van der Waals surface area contributed by atoms with E-state index in [0.29, 0.717) is 29.5 Å². The minimum atomic E-state index is -0.398. The molecule has 1 aliphatic rings. The molecule has 39 heavy (non-hydrogen) atoms. The Morgan fingerprint density at radius 2 is 1.87 bits per heavy atom. The predicted molar refractivity (Wildman–Crippen MR) is 152 cm³/mol. The highest BCUT2D eigenvalue weighted by Gasteiger charge is 2.37. The van der Waals surface area contributed by atoms with Gasteiger partial charge in [0.25, 0.3) is 0 Å². The first-order valence-electron chi connectivity index (χ1n) is 12.8. The second-order valence-electron chi connectivity index (χ2n) is 9.14. The Kier molecular flexibility index (Phi) is 7.97. The first kappa shape index (κ1) is 26.5. The lowest BCUT2D eigenvalue weighted by molar-refractivity contribution is -0.122. The molecule has 0 radical (unpaired) electrons. The maximum absolute atomic E-state index is 14.4. The maximum atomic E-state index is 14.4. The lowest BCUT2D eigenvalue weighted by Gasteiger charge is -2.23. The smallest absolute Gasteiger partial charge is 0.240 e. The van der Waals surface area contributed by atoms with Crippen molar-refractivity contribution < 1.29 is 18.7 Å². The fraction of sp³-hybridized carbons (Fsp3) is 0.233. The van der Waals surface area contributed by atoms with E-state index in [4.69, 9.17) is 9.84 Å². The lowest BCUT2D eigenvalue weighted by atomic mass is 9.99. The topological polar surface area (TPSA) is 76.5 Å². The van der Waals surface area contributed by atoms with Crippen LogP contribution in [0, 0.1) is 5.82 Å². The fourth-order valence-electron chi connectivity index (χ4n) is 4.63. The first-order valence-corrected chi connectivity index (χ1v) is 13.8. The van der Waals surface area contributed by atoms with Crippen LogP contribution in [0.15, 0.2) is 78.9 Å². The molecule has 1 N–H and O–H groups in total. The number of ether oxygens (including phenoxy) is 1. The van der Waals surface area contributed by atoms with Crippen LogP contribution in [0.2, 0.25) is 0 Å². The molecular formula is C30H29FN4O3S. The second kappa shape index (κ2) is 11.7. The van der Waals surface area contributed by atoms with Crippen molar-refractivity contribution >= 4 is 29.4 Å². The molecule has 1 aliphatic heterocycles. The highest BCUT2D eigenvalue weighted by molar-refractivity contribution is 8.00. The van der Waals surface area contributed by atoms with E-state index in [1.165, 1.54) is 28.8 Å². The van der Waals surface area contributed by atoms with Crippen LogP contribution < -0.4 is 15.0 Å². The Morgan fingerprint density at radius 1 is 1.10 bits per heavy atom. The number of carbonyl (C=O) groups is 2. The monoisotopic (exact) mass is 544 g/mol. The van der Waals surface area contributed by atoms with Gasteiger partial charge in [-0.2, -0.15) is 5.10 Å². The third kappa shape index (κ3) is 5.54. The zero-order chi connectivity index (χ0) is 27.4. The second-order valence-corrected chi connectivity index (χ2v) is 10.2. The number of rotatable bonds is 8. The molecule has 9 heteroatoms. The van der Waals surface area contributed by atoms with E-state index in [0.717, 1.165) is 23.1 Å². The molecule has 0 fully saturated rings. The summed E-state index contributed by atoms with van der Waals surface area (Å²) in [7, 11) is 1.60. The summed E-state index contributed by atoms with van der Waals surface area (Å²) in [5.74, 6) is 0.462. The van der Waals surface area contributed by atoms with Crippen LogP contribution in [0.1, 0.15) is 29.7 Å². The SMILES string of the molecule is CCCNC(=O)CN1C(=O)CS[C@@H](c2cccc(F)c2)c2c(-c3ccccc3)nn(-c3ccc(OC)cc3)c21. The van der Waals surface area contributed by atoms with Crippen LogP contribution in [-0.4, -0.2) is 47.5 Å². The highest BCUT2D eigenvalue weighted by Crippen LogP contribution is 2.48. The Morgan fingerprint density at radius 3 is 2.56 bits per heavy atom.